The number of fused-ring (bicyclic) bond motifs is 1. The summed E-state index contributed by atoms with van der Waals surface area (Å²) >= 11 is 0. The largest absolute Gasteiger partial charge is 0.416 e. The van der Waals surface area contributed by atoms with E-state index < -0.39 is 11.7 Å². The molecule has 2 heterocycles. The van der Waals surface area contributed by atoms with Crippen LogP contribution in [-0.4, -0.2) is 22.0 Å². The van der Waals surface area contributed by atoms with Crippen LogP contribution in [0.15, 0.2) is 48.5 Å². The molecule has 3 aromatic rings. The quantitative estimate of drug-likeness (QED) is 0.576. The Morgan fingerprint density at radius 2 is 1.93 bits per heavy atom. The predicted octanol–water partition coefficient (Wildman–Crippen LogP) is 5.38. The van der Waals surface area contributed by atoms with E-state index in [9.17, 15) is 18.0 Å². The Balaban J connectivity index is 1.66. The Bertz CT molecular complexity index is 1040. The first-order valence-corrected chi connectivity index (χ1v) is 9.81. The number of anilines is 1. The normalized spacial score (nSPS) is 17.4. The number of aromatic nitrogens is 2. The van der Waals surface area contributed by atoms with Crippen LogP contribution in [0.4, 0.5) is 18.9 Å². The lowest BCUT2D eigenvalue weighted by Gasteiger charge is -2.19. The number of carbonyl (C=O) groups is 1. The summed E-state index contributed by atoms with van der Waals surface area (Å²) in [6.07, 6.45) is -2.17. The van der Waals surface area contributed by atoms with Crippen molar-refractivity contribution in [2.45, 2.75) is 44.8 Å². The average Bonchev–Trinajstić information content (AvgIpc) is 3.26. The van der Waals surface area contributed by atoms with Crippen molar-refractivity contribution < 1.29 is 18.0 Å². The molecule has 1 amide bonds. The van der Waals surface area contributed by atoms with E-state index in [-0.39, 0.29) is 23.9 Å². The highest BCUT2D eigenvalue weighted by Gasteiger charge is 2.36. The molecule has 29 heavy (non-hydrogen) atoms. The molecule has 0 saturated carbocycles. The standard InChI is InChI=1S/C22H22F3N3O/c1-2-3-11-27-19-10-5-4-9-18(19)26-21(27)15-12-20(29)28(14-15)17-8-6-7-16(13-17)22(23,24)25/h4-10,13,15H,2-3,11-12,14H2,1H3. The molecule has 4 nitrogen and oxygen atoms in total. The molecule has 0 N–H and O–H groups in total. The van der Waals surface area contributed by atoms with Crippen LogP contribution < -0.4 is 4.90 Å². The second kappa shape index (κ2) is 7.54. The Hall–Kier alpha value is -2.83. The van der Waals surface area contributed by atoms with Gasteiger partial charge < -0.3 is 9.47 Å². The van der Waals surface area contributed by atoms with Gasteiger partial charge in [-0.3, -0.25) is 4.79 Å². The van der Waals surface area contributed by atoms with Crippen molar-refractivity contribution in [1.29, 1.82) is 0 Å². The SMILES string of the molecule is CCCCn1c(C2CC(=O)N(c3cccc(C(F)(F)F)c3)C2)nc2ccccc21. The molecule has 1 atom stereocenters. The highest BCUT2D eigenvalue weighted by atomic mass is 19.4. The molecule has 1 aliphatic heterocycles. The average molecular weight is 401 g/mol. The van der Waals surface area contributed by atoms with Crippen molar-refractivity contribution in [3.8, 4) is 0 Å². The van der Waals surface area contributed by atoms with Gasteiger partial charge in [-0.15, -0.1) is 0 Å². The molecular formula is C22H22F3N3O. The summed E-state index contributed by atoms with van der Waals surface area (Å²) < 4.78 is 41.4. The van der Waals surface area contributed by atoms with E-state index in [1.807, 2.05) is 24.3 Å². The van der Waals surface area contributed by atoms with Gasteiger partial charge in [-0.25, -0.2) is 4.98 Å². The van der Waals surface area contributed by atoms with Crippen LogP contribution in [0.5, 0.6) is 0 Å². The van der Waals surface area contributed by atoms with Gasteiger partial charge in [-0.2, -0.15) is 13.2 Å². The minimum absolute atomic E-state index is 0.152. The number of alkyl halides is 3. The van der Waals surface area contributed by atoms with E-state index in [1.165, 1.54) is 11.0 Å². The summed E-state index contributed by atoms with van der Waals surface area (Å²) in [7, 11) is 0. The summed E-state index contributed by atoms with van der Waals surface area (Å²) in [4.78, 5) is 18.9. The van der Waals surface area contributed by atoms with Crippen molar-refractivity contribution in [3.05, 3.63) is 59.9 Å². The van der Waals surface area contributed by atoms with E-state index >= 15 is 0 Å². The molecule has 7 heteroatoms. The van der Waals surface area contributed by atoms with Crippen LogP contribution in [0.2, 0.25) is 0 Å². The van der Waals surface area contributed by atoms with Crippen molar-refractivity contribution in [1.82, 2.24) is 9.55 Å². The van der Waals surface area contributed by atoms with Crippen LogP contribution in [0.3, 0.4) is 0 Å². The number of hydrogen-bond acceptors (Lipinski definition) is 2. The summed E-state index contributed by atoms with van der Waals surface area (Å²) in [5, 5.41) is 0. The van der Waals surface area contributed by atoms with Gasteiger partial charge in [0, 0.05) is 31.1 Å². The molecule has 1 aliphatic rings. The second-order valence-electron chi connectivity index (χ2n) is 7.42. The third kappa shape index (κ3) is 3.73. The maximum atomic E-state index is 13.1. The van der Waals surface area contributed by atoms with Crippen molar-refractivity contribution >= 4 is 22.6 Å². The van der Waals surface area contributed by atoms with E-state index in [0.717, 1.165) is 48.4 Å². The van der Waals surface area contributed by atoms with Gasteiger partial charge in [0.1, 0.15) is 5.82 Å². The zero-order valence-electron chi connectivity index (χ0n) is 16.1. The second-order valence-corrected chi connectivity index (χ2v) is 7.42. The van der Waals surface area contributed by atoms with Gasteiger partial charge in [0.2, 0.25) is 5.91 Å². The zero-order chi connectivity index (χ0) is 20.6. The number of aryl methyl sites for hydroxylation is 1. The van der Waals surface area contributed by atoms with Crippen molar-refractivity contribution in [2.75, 3.05) is 11.4 Å². The lowest BCUT2D eigenvalue weighted by molar-refractivity contribution is -0.137. The van der Waals surface area contributed by atoms with Gasteiger partial charge in [0.15, 0.2) is 0 Å². The molecule has 1 fully saturated rings. The van der Waals surface area contributed by atoms with Gasteiger partial charge >= 0.3 is 6.18 Å². The minimum Gasteiger partial charge on any atom is -0.328 e. The van der Waals surface area contributed by atoms with Gasteiger partial charge in [-0.1, -0.05) is 31.5 Å². The number of benzene rings is 2. The van der Waals surface area contributed by atoms with E-state index in [0.29, 0.717) is 6.54 Å². The third-order valence-electron chi connectivity index (χ3n) is 5.39. The first-order chi connectivity index (χ1) is 13.9. The van der Waals surface area contributed by atoms with Gasteiger partial charge in [0.05, 0.1) is 16.6 Å². The fourth-order valence-corrected chi connectivity index (χ4v) is 3.94. The molecule has 152 valence electrons. The third-order valence-corrected chi connectivity index (χ3v) is 5.39. The highest BCUT2D eigenvalue weighted by Crippen LogP contribution is 2.36. The van der Waals surface area contributed by atoms with Crippen LogP contribution in [-0.2, 0) is 17.5 Å². The fourth-order valence-electron chi connectivity index (χ4n) is 3.94. The van der Waals surface area contributed by atoms with Crippen LogP contribution >= 0.6 is 0 Å². The predicted molar refractivity (Wildman–Crippen MR) is 106 cm³/mol. The Labute approximate surface area is 167 Å². The number of unbranched alkanes of at least 4 members (excludes halogenated alkanes) is 1. The van der Waals surface area contributed by atoms with Crippen LogP contribution in [0.1, 0.15) is 43.5 Å². The zero-order valence-corrected chi connectivity index (χ0v) is 16.1. The summed E-state index contributed by atoms with van der Waals surface area (Å²) in [6, 6.07) is 12.8. The first-order valence-electron chi connectivity index (χ1n) is 9.81. The Morgan fingerprint density at radius 3 is 2.69 bits per heavy atom. The number of amides is 1. The topological polar surface area (TPSA) is 38.1 Å². The lowest BCUT2D eigenvalue weighted by atomic mass is 10.1. The number of carbonyl (C=O) groups excluding carboxylic acids is 1. The molecule has 0 bridgehead atoms. The number of para-hydroxylation sites is 2. The number of nitrogens with zero attached hydrogens (tertiary/aromatic N) is 3. The van der Waals surface area contributed by atoms with E-state index in [2.05, 4.69) is 11.5 Å². The first kappa shape index (κ1) is 19.5. The molecule has 0 aliphatic carbocycles. The molecule has 1 unspecified atom stereocenters. The summed E-state index contributed by atoms with van der Waals surface area (Å²) in [5.74, 6) is 0.507. The molecule has 1 saturated heterocycles. The monoisotopic (exact) mass is 401 g/mol. The number of rotatable bonds is 5. The minimum atomic E-state index is -4.44. The fraction of sp³-hybridized carbons (Fsp3) is 0.364. The van der Waals surface area contributed by atoms with Crippen LogP contribution in [0.25, 0.3) is 11.0 Å². The molecule has 1 aromatic heterocycles. The van der Waals surface area contributed by atoms with Crippen molar-refractivity contribution in [2.24, 2.45) is 0 Å². The van der Waals surface area contributed by atoms with Gasteiger partial charge in [0.25, 0.3) is 0 Å². The number of hydrogen-bond donors (Lipinski definition) is 0. The highest BCUT2D eigenvalue weighted by molar-refractivity contribution is 5.96. The maximum Gasteiger partial charge on any atom is 0.416 e. The number of halogens is 3. The summed E-state index contributed by atoms with van der Waals surface area (Å²) in [6.45, 7) is 3.25. The van der Waals surface area contributed by atoms with Gasteiger partial charge in [-0.05, 0) is 36.8 Å². The molecule has 0 spiro atoms. The maximum absolute atomic E-state index is 13.1. The lowest BCUT2D eigenvalue weighted by Crippen LogP contribution is -2.25. The summed E-state index contributed by atoms with van der Waals surface area (Å²) in [5.41, 5.74) is 1.44. The van der Waals surface area contributed by atoms with E-state index in [4.69, 9.17) is 4.98 Å². The molecule has 0 radical (unpaired) electrons. The van der Waals surface area contributed by atoms with E-state index in [1.54, 1.807) is 6.07 Å². The Kier molecular flexibility index (Phi) is 5.06. The molecular weight excluding hydrogens is 379 g/mol. The smallest absolute Gasteiger partial charge is 0.328 e. The number of imidazole rings is 1. The molecule has 4 rings (SSSR count). The van der Waals surface area contributed by atoms with Crippen molar-refractivity contribution in [3.63, 3.8) is 0 Å². The van der Waals surface area contributed by atoms with Crippen LogP contribution in [0, 0.1) is 0 Å². The Morgan fingerprint density at radius 1 is 1.14 bits per heavy atom. The molecule has 2 aromatic carbocycles.